The van der Waals surface area contributed by atoms with E-state index < -0.39 is 0 Å². The van der Waals surface area contributed by atoms with Crippen molar-refractivity contribution in [2.24, 2.45) is 0 Å². The summed E-state index contributed by atoms with van der Waals surface area (Å²) in [6.07, 6.45) is 3.03. The van der Waals surface area contributed by atoms with Crippen LogP contribution in [0, 0.1) is 13.8 Å². The molecule has 0 spiro atoms. The third kappa shape index (κ3) is 2.39. The molecule has 2 aromatic rings. The number of allylic oxidation sites excluding steroid dienone is 1. The highest BCUT2D eigenvalue weighted by molar-refractivity contribution is 6.30. The van der Waals surface area contributed by atoms with Crippen LogP contribution in [0.25, 0.3) is 5.65 Å². The fraction of sp³-hybridized carbons (Fsp3) is 0.375. The SMILES string of the molecule is C=C1CNC(c2cc3nc(C)c(C)c(Cl)n3n2)C/C1=C/C. The number of piperidine rings is 1. The first-order valence-corrected chi connectivity index (χ1v) is 7.48. The summed E-state index contributed by atoms with van der Waals surface area (Å²) in [7, 11) is 0. The van der Waals surface area contributed by atoms with Gasteiger partial charge in [-0.15, -0.1) is 0 Å². The van der Waals surface area contributed by atoms with Gasteiger partial charge in [0.2, 0.25) is 0 Å². The van der Waals surface area contributed by atoms with E-state index >= 15 is 0 Å². The minimum absolute atomic E-state index is 0.181. The smallest absolute Gasteiger partial charge is 0.157 e. The zero-order chi connectivity index (χ0) is 15.1. The van der Waals surface area contributed by atoms with Gasteiger partial charge >= 0.3 is 0 Å². The molecule has 4 nitrogen and oxygen atoms in total. The van der Waals surface area contributed by atoms with Crippen LogP contribution in [0.5, 0.6) is 0 Å². The van der Waals surface area contributed by atoms with Gasteiger partial charge in [-0.1, -0.05) is 24.3 Å². The minimum atomic E-state index is 0.181. The molecule has 0 aromatic carbocycles. The predicted octanol–water partition coefficient (Wildman–Crippen LogP) is 3.54. The fourth-order valence-electron chi connectivity index (χ4n) is 2.67. The van der Waals surface area contributed by atoms with E-state index in [1.54, 1.807) is 4.52 Å². The molecule has 1 atom stereocenters. The standard InChI is InChI=1S/C16H19ClN4/c1-5-12-6-13(18-8-9(12)2)14-7-15-19-11(4)10(3)16(17)21(15)20-14/h5,7,13,18H,2,6,8H2,1,3-4H3/b12-5-. The van der Waals surface area contributed by atoms with E-state index in [9.17, 15) is 0 Å². The summed E-state index contributed by atoms with van der Waals surface area (Å²) < 4.78 is 1.72. The molecule has 1 aliphatic rings. The molecule has 0 radical (unpaired) electrons. The molecule has 0 saturated carbocycles. The number of aromatic nitrogens is 3. The zero-order valence-electron chi connectivity index (χ0n) is 12.6. The third-order valence-corrected chi connectivity index (χ3v) is 4.62. The van der Waals surface area contributed by atoms with Crippen molar-refractivity contribution < 1.29 is 0 Å². The van der Waals surface area contributed by atoms with Crippen LogP contribution in [0.2, 0.25) is 5.15 Å². The molecule has 1 fully saturated rings. The van der Waals surface area contributed by atoms with E-state index in [-0.39, 0.29) is 6.04 Å². The number of nitrogens with one attached hydrogen (secondary N) is 1. The predicted molar refractivity (Wildman–Crippen MR) is 85.7 cm³/mol. The second kappa shape index (κ2) is 5.28. The first-order valence-electron chi connectivity index (χ1n) is 7.10. The van der Waals surface area contributed by atoms with E-state index in [0.29, 0.717) is 5.15 Å². The normalized spacial score (nSPS) is 21.4. The number of rotatable bonds is 1. The lowest BCUT2D eigenvalue weighted by atomic mass is 9.93. The molecular formula is C16H19ClN4. The van der Waals surface area contributed by atoms with Gasteiger partial charge in [-0.25, -0.2) is 9.50 Å². The van der Waals surface area contributed by atoms with Crippen molar-refractivity contribution >= 4 is 17.2 Å². The fourth-order valence-corrected chi connectivity index (χ4v) is 2.94. The molecule has 1 saturated heterocycles. The second-order valence-corrected chi connectivity index (χ2v) is 5.87. The Balaban J connectivity index is 2.02. The summed E-state index contributed by atoms with van der Waals surface area (Å²) in [5, 5.41) is 8.74. The Morgan fingerprint density at radius 2 is 2.24 bits per heavy atom. The number of aryl methyl sites for hydroxylation is 1. The first kappa shape index (κ1) is 14.3. The van der Waals surface area contributed by atoms with Crippen molar-refractivity contribution in [2.75, 3.05) is 6.54 Å². The van der Waals surface area contributed by atoms with E-state index in [2.05, 4.69) is 35.0 Å². The molecule has 0 bridgehead atoms. The van der Waals surface area contributed by atoms with E-state index in [4.69, 9.17) is 11.6 Å². The van der Waals surface area contributed by atoms with Gasteiger partial charge in [-0.3, -0.25) is 0 Å². The van der Waals surface area contributed by atoms with Crippen molar-refractivity contribution in [3.8, 4) is 0 Å². The number of hydrogen-bond acceptors (Lipinski definition) is 3. The lowest BCUT2D eigenvalue weighted by molar-refractivity contribution is 0.511. The Morgan fingerprint density at radius 3 is 2.95 bits per heavy atom. The molecule has 2 aromatic heterocycles. The summed E-state index contributed by atoms with van der Waals surface area (Å²) in [5.41, 5.74) is 6.13. The molecular weight excluding hydrogens is 284 g/mol. The second-order valence-electron chi connectivity index (χ2n) is 5.51. The maximum atomic E-state index is 6.38. The van der Waals surface area contributed by atoms with Gasteiger partial charge in [0.25, 0.3) is 0 Å². The summed E-state index contributed by atoms with van der Waals surface area (Å²) in [4.78, 5) is 4.56. The first-order chi connectivity index (χ1) is 10.0. The molecule has 1 unspecified atom stereocenters. The monoisotopic (exact) mass is 302 g/mol. The Hall–Kier alpha value is -1.65. The van der Waals surface area contributed by atoms with Gasteiger partial charge in [-0.2, -0.15) is 5.10 Å². The van der Waals surface area contributed by atoms with Gasteiger partial charge < -0.3 is 5.32 Å². The Bertz CT molecular complexity index is 757. The molecule has 0 amide bonds. The van der Waals surface area contributed by atoms with Crippen LogP contribution in [0.3, 0.4) is 0 Å². The van der Waals surface area contributed by atoms with Gasteiger partial charge in [0.1, 0.15) is 5.15 Å². The highest BCUT2D eigenvalue weighted by Gasteiger charge is 2.23. The van der Waals surface area contributed by atoms with Crippen LogP contribution in [-0.4, -0.2) is 21.1 Å². The lowest BCUT2D eigenvalue weighted by Gasteiger charge is -2.26. The molecule has 0 aliphatic carbocycles. The van der Waals surface area contributed by atoms with Crippen molar-refractivity contribution in [3.05, 3.63) is 52.0 Å². The topological polar surface area (TPSA) is 42.2 Å². The molecule has 110 valence electrons. The van der Waals surface area contributed by atoms with Crippen LogP contribution in [0.4, 0.5) is 0 Å². The highest BCUT2D eigenvalue weighted by atomic mass is 35.5. The van der Waals surface area contributed by atoms with Crippen LogP contribution in [-0.2, 0) is 0 Å². The van der Waals surface area contributed by atoms with Crippen molar-refractivity contribution in [1.29, 1.82) is 0 Å². The highest BCUT2D eigenvalue weighted by Crippen LogP contribution is 2.29. The average Bonchev–Trinajstić information content (AvgIpc) is 2.89. The Labute approximate surface area is 129 Å². The molecule has 3 heterocycles. The number of nitrogens with zero attached hydrogens (tertiary/aromatic N) is 3. The van der Waals surface area contributed by atoms with E-state index in [0.717, 1.165) is 41.1 Å². The van der Waals surface area contributed by atoms with Gasteiger partial charge in [-0.05, 0) is 38.3 Å². The lowest BCUT2D eigenvalue weighted by Crippen LogP contribution is -2.29. The molecule has 1 N–H and O–H groups in total. The average molecular weight is 303 g/mol. The van der Waals surface area contributed by atoms with Crippen molar-refractivity contribution in [2.45, 2.75) is 33.2 Å². The maximum Gasteiger partial charge on any atom is 0.157 e. The quantitative estimate of drug-likeness (QED) is 0.819. The number of halogens is 1. The summed E-state index contributed by atoms with van der Waals surface area (Å²) in [6.45, 7) is 10.9. The van der Waals surface area contributed by atoms with Crippen LogP contribution in [0.1, 0.15) is 36.3 Å². The van der Waals surface area contributed by atoms with Crippen LogP contribution in [0.15, 0.2) is 29.9 Å². The van der Waals surface area contributed by atoms with Crippen molar-refractivity contribution in [3.63, 3.8) is 0 Å². The van der Waals surface area contributed by atoms with Crippen molar-refractivity contribution in [1.82, 2.24) is 19.9 Å². The van der Waals surface area contributed by atoms with E-state index in [1.165, 1.54) is 5.57 Å². The Kier molecular flexibility index (Phi) is 3.59. The zero-order valence-corrected chi connectivity index (χ0v) is 13.3. The Morgan fingerprint density at radius 1 is 1.48 bits per heavy atom. The van der Waals surface area contributed by atoms with Gasteiger partial charge in [0.05, 0.1) is 11.7 Å². The minimum Gasteiger partial charge on any atom is -0.304 e. The third-order valence-electron chi connectivity index (χ3n) is 4.18. The maximum absolute atomic E-state index is 6.38. The molecule has 1 aliphatic heterocycles. The largest absolute Gasteiger partial charge is 0.304 e. The van der Waals surface area contributed by atoms with Crippen LogP contribution >= 0.6 is 11.6 Å². The van der Waals surface area contributed by atoms with E-state index in [1.807, 2.05) is 19.9 Å². The van der Waals surface area contributed by atoms with Crippen LogP contribution < -0.4 is 5.32 Å². The van der Waals surface area contributed by atoms with Gasteiger partial charge in [0.15, 0.2) is 5.65 Å². The number of hydrogen-bond donors (Lipinski definition) is 1. The summed E-state index contributed by atoms with van der Waals surface area (Å²) in [6, 6.07) is 2.19. The number of fused-ring (bicyclic) bond motifs is 1. The summed E-state index contributed by atoms with van der Waals surface area (Å²) >= 11 is 6.38. The summed E-state index contributed by atoms with van der Waals surface area (Å²) in [5.74, 6) is 0. The van der Waals surface area contributed by atoms with Gasteiger partial charge in [0, 0.05) is 23.9 Å². The molecule has 3 rings (SSSR count). The molecule has 21 heavy (non-hydrogen) atoms. The molecule has 5 heteroatoms.